The van der Waals surface area contributed by atoms with Crippen LogP contribution in [0.2, 0.25) is 0 Å². The summed E-state index contributed by atoms with van der Waals surface area (Å²) in [4.78, 5) is 9.82. The molecule has 34 heavy (non-hydrogen) atoms. The number of aliphatic hydroxyl groups is 2. The van der Waals surface area contributed by atoms with E-state index in [4.69, 9.17) is 20.2 Å². The summed E-state index contributed by atoms with van der Waals surface area (Å²) < 4.78 is 0. The van der Waals surface area contributed by atoms with Gasteiger partial charge in [-0.05, 0) is 38.0 Å². The van der Waals surface area contributed by atoms with Gasteiger partial charge in [-0.1, -0.05) is 66.4 Å². The summed E-state index contributed by atoms with van der Waals surface area (Å²) in [7, 11) is 0. The summed E-state index contributed by atoms with van der Waals surface area (Å²) in [5.41, 5.74) is 6.34. The molecule has 0 aliphatic rings. The molecule has 0 bridgehead atoms. The van der Waals surface area contributed by atoms with Crippen LogP contribution >= 0.6 is 0 Å². The van der Waals surface area contributed by atoms with Crippen molar-refractivity contribution in [2.45, 2.75) is 46.3 Å². The molecular formula is C29H29IrN2O2-. The molecule has 5 heteroatoms. The Bertz CT molecular complexity index is 1410. The van der Waals surface area contributed by atoms with Crippen LogP contribution < -0.4 is 0 Å². The smallest absolute Gasteiger partial charge is 0.0873 e. The first-order chi connectivity index (χ1) is 15.9. The SMILES string of the molecule is CC(O)CC(C)O.Cc1cc[c-]c2c3ncc(-c4ccccc4)nc3c3cccc(C)c3c12.[Ir]. The Morgan fingerprint density at radius 3 is 2.15 bits per heavy atom. The number of rotatable bonds is 3. The zero-order valence-corrected chi connectivity index (χ0v) is 22.2. The van der Waals surface area contributed by atoms with E-state index in [0.717, 1.165) is 33.1 Å². The van der Waals surface area contributed by atoms with Gasteiger partial charge in [0.2, 0.25) is 0 Å². The van der Waals surface area contributed by atoms with Gasteiger partial charge < -0.3 is 15.2 Å². The first kappa shape index (κ1) is 25.9. The summed E-state index contributed by atoms with van der Waals surface area (Å²) in [6.07, 6.45) is 1.59. The van der Waals surface area contributed by atoms with Crippen molar-refractivity contribution in [1.29, 1.82) is 0 Å². The first-order valence-electron chi connectivity index (χ1n) is 11.3. The van der Waals surface area contributed by atoms with E-state index >= 15 is 0 Å². The van der Waals surface area contributed by atoms with Crippen molar-refractivity contribution in [3.8, 4) is 11.3 Å². The Kier molecular flexibility index (Phi) is 8.51. The van der Waals surface area contributed by atoms with Gasteiger partial charge in [0.15, 0.2) is 0 Å². The Morgan fingerprint density at radius 2 is 1.50 bits per heavy atom. The zero-order chi connectivity index (χ0) is 23.5. The molecule has 4 nitrogen and oxygen atoms in total. The number of nitrogens with zero attached hydrogens (tertiary/aromatic N) is 2. The molecule has 0 saturated carbocycles. The third kappa shape index (κ3) is 5.34. The number of aromatic nitrogens is 2. The summed E-state index contributed by atoms with van der Waals surface area (Å²) in [5.74, 6) is 0. The average molecular weight is 630 g/mol. The van der Waals surface area contributed by atoms with Crippen molar-refractivity contribution in [2.24, 2.45) is 0 Å². The van der Waals surface area contributed by atoms with Crippen LogP contribution in [0.1, 0.15) is 31.4 Å². The maximum atomic E-state index is 8.56. The Labute approximate surface area is 214 Å². The van der Waals surface area contributed by atoms with Crippen molar-refractivity contribution in [2.75, 3.05) is 0 Å². The molecule has 0 spiro atoms. The monoisotopic (exact) mass is 630 g/mol. The first-order valence-corrected chi connectivity index (χ1v) is 11.3. The fraction of sp³-hybridized carbons (Fsp3) is 0.241. The minimum Gasteiger partial charge on any atom is -0.393 e. The molecule has 2 atom stereocenters. The Balaban J connectivity index is 0.000000357. The second kappa shape index (κ2) is 11.2. The summed E-state index contributed by atoms with van der Waals surface area (Å²) in [6, 6.07) is 24.1. The molecule has 1 radical (unpaired) electrons. The molecule has 5 rings (SSSR count). The molecule has 0 amide bonds. The van der Waals surface area contributed by atoms with Gasteiger partial charge in [0, 0.05) is 37.4 Å². The van der Waals surface area contributed by atoms with Gasteiger partial charge in [-0.15, -0.1) is 29.1 Å². The molecule has 0 fully saturated rings. The van der Waals surface area contributed by atoms with Gasteiger partial charge in [-0.2, -0.15) is 0 Å². The van der Waals surface area contributed by atoms with E-state index < -0.39 is 0 Å². The van der Waals surface area contributed by atoms with Crippen LogP contribution in [-0.4, -0.2) is 32.4 Å². The number of hydrogen-bond acceptors (Lipinski definition) is 4. The molecule has 1 heterocycles. The largest absolute Gasteiger partial charge is 0.393 e. The average Bonchev–Trinajstić information content (AvgIpc) is 2.79. The van der Waals surface area contributed by atoms with Crippen LogP contribution in [0, 0.1) is 19.9 Å². The quantitative estimate of drug-likeness (QED) is 0.186. The molecule has 0 aliphatic heterocycles. The topological polar surface area (TPSA) is 66.2 Å². The van der Waals surface area contributed by atoms with Crippen molar-refractivity contribution >= 4 is 32.6 Å². The molecular weight excluding hydrogens is 601 g/mol. The van der Waals surface area contributed by atoms with E-state index in [-0.39, 0.29) is 32.3 Å². The normalized spacial score (nSPS) is 12.6. The molecule has 4 aromatic carbocycles. The van der Waals surface area contributed by atoms with Gasteiger partial charge in [-0.3, -0.25) is 4.98 Å². The van der Waals surface area contributed by atoms with E-state index in [9.17, 15) is 0 Å². The summed E-state index contributed by atoms with van der Waals surface area (Å²) >= 11 is 0. The van der Waals surface area contributed by atoms with Gasteiger partial charge in [0.1, 0.15) is 0 Å². The number of benzene rings is 4. The number of aryl methyl sites for hydroxylation is 2. The molecule has 2 N–H and O–H groups in total. The second-order valence-electron chi connectivity index (χ2n) is 8.66. The van der Waals surface area contributed by atoms with E-state index in [0.29, 0.717) is 6.42 Å². The third-order valence-corrected chi connectivity index (χ3v) is 5.74. The molecule has 5 aromatic rings. The van der Waals surface area contributed by atoms with Crippen molar-refractivity contribution in [3.05, 3.63) is 84.1 Å². The molecule has 0 saturated heterocycles. The maximum absolute atomic E-state index is 8.56. The fourth-order valence-electron chi connectivity index (χ4n) is 4.31. The molecule has 0 aliphatic carbocycles. The Hall–Kier alpha value is -2.69. The van der Waals surface area contributed by atoms with Crippen molar-refractivity contribution in [3.63, 3.8) is 0 Å². The van der Waals surface area contributed by atoms with Crippen LogP contribution in [0.4, 0.5) is 0 Å². The van der Waals surface area contributed by atoms with E-state index in [2.05, 4.69) is 56.3 Å². The van der Waals surface area contributed by atoms with E-state index in [1.807, 2.05) is 30.5 Å². The summed E-state index contributed by atoms with van der Waals surface area (Å²) in [5, 5.41) is 21.8. The zero-order valence-electron chi connectivity index (χ0n) is 19.8. The number of hydrogen-bond donors (Lipinski definition) is 2. The molecule has 2 unspecified atom stereocenters. The van der Waals surface area contributed by atoms with Crippen LogP contribution in [0.5, 0.6) is 0 Å². The van der Waals surface area contributed by atoms with Gasteiger partial charge >= 0.3 is 0 Å². The third-order valence-electron chi connectivity index (χ3n) is 5.74. The van der Waals surface area contributed by atoms with Crippen LogP contribution in [0.3, 0.4) is 0 Å². The minimum absolute atomic E-state index is 0. The maximum Gasteiger partial charge on any atom is 0.0873 e. The standard InChI is InChI=1S/C24H17N2.C5H12O2.Ir/c1-15-8-6-12-18-21(15)22-16(2)9-7-13-19(22)24-23(18)25-14-20(26-24)17-10-4-3-5-11-17;1-4(6)3-5(2)7;/h3-11,13-14H,1-2H3;4-7H,3H2,1-2H3;/q-1;;. The van der Waals surface area contributed by atoms with Crippen molar-refractivity contribution < 1.29 is 30.3 Å². The second-order valence-corrected chi connectivity index (χ2v) is 8.66. The number of fused-ring (bicyclic) bond motifs is 6. The van der Waals surface area contributed by atoms with Crippen LogP contribution in [0.15, 0.2) is 66.9 Å². The minimum atomic E-state index is -0.375. The van der Waals surface area contributed by atoms with E-state index in [1.165, 1.54) is 21.9 Å². The fourth-order valence-corrected chi connectivity index (χ4v) is 4.31. The van der Waals surface area contributed by atoms with Gasteiger partial charge in [0.05, 0.1) is 23.4 Å². The predicted octanol–water partition coefficient (Wildman–Crippen LogP) is 6.16. The molecule has 1 aromatic heterocycles. The van der Waals surface area contributed by atoms with Gasteiger partial charge in [-0.25, -0.2) is 0 Å². The van der Waals surface area contributed by atoms with Gasteiger partial charge in [0.25, 0.3) is 0 Å². The molecule has 177 valence electrons. The predicted molar refractivity (Wildman–Crippen MR) is 136 cm³/mol. The Morgan fingerprint density at radius 1 is 0.824 bits per heavy atom. The van der Waals surface area contributed by atoms with Crippen molar-refractivity contribution in [1.82, 2.24) is 9.97 Å². The summed E-state index contributed by atoms with van der Waals surface area (Å²) in [6.45, 7) is 7.63. The van der Waals surface area contributed by atoms with Crippen LogP contribution in [0.25, 0.3) is 43.8 Å². The van der Waals surface area contributed by atoms with E-state index in [1.54, 1.807) is 13.8 Å². The van der Waals surface area contributed by atoms with Crippen LogP contribution in [-0.2, 0) is 20.1 Å². The number of aliphatic hydroxyl groups excluding tert-OH is 2.